The number of hydrogen-bond acceptors (Lipinski definition) is 3. The van der Waals surface area contributed by atoms with E-state index in [9.17, 15) is 8.42 Å². The standard InChI is InChI=1S/C18H30N2O2S.ClH/c1-4-16-7-8-18(13-17(16)5-2)23(21,22)20-11-9-15(10-12-20)14-19-6-3;/h7-8,13,15,19H,4-6,9-12,14H2,1-3H3;1H. The van der Waals surface area contributed by atoms with Gasteiger partial charge in [0.15, 0.2) is 0 Å². The Morgan fingerprint density at radius 2 is 1.71 bits per heavy atom. The zero-order chi connectivity index (χ0) is 16.9. The van der Waals surface area contributed by atoms with Crippen molar-refractivity contribution in [1.29, 1.82) is 0 Å². The van der Waals surface area contributed by atoms with Crippen LogP contribution in [0.2, 0.25) is 0 Å². The average Bonchev–Trinajstić information content (AvgIpc) is 2.59. The van der Waals surface area contributed by atoms with Gasteiger partial charge in [-0.25, -0.2) is 8.42 Å². The fourth-order valence-electron chi connectivity index (χ4n) is 3.29. The van der Waals surface area contributed by atoms with Crippen molar-refractivity contribution in [3.05, 3.63) is 29.3 Å². The zero-order valence-electron chi connectivity index (χ0n) is 15.0. The first kappa shape index (κ1) is 21.4. The fourth-order valence-corrected chi connectivity index (χ4v) is 4.81. The molecule has 6 heteroatoms. The molecule has 1 fully saturated rings. The second kappa shape index (κ2) is 9.76. The molecule has 1 aromatic carbocycles. The lowest BCUT2D eigenvalue weighted by Gasteiger charge is -2.31. The summed E-state index contributed by atoms with van der Waals surface area (Å²) in [4.78, 5) is 0.455. The monoisotopic (exact) mass is 374 g/mol. The van der Waals surface area contributed by atoms with Gasteiger partial charge in [0.2, 0.25) is 10.0 Å². The molecule has 1 aromatic rings. The van der Waals surface area contributed by atoms with Gasteiger partial charge in [-0.05, 0) is 68.0 Å². The molecule has 1 heterocycles. The SMILES string of the molecule is CCNCC1CCN(S(=O)(=O)c2ccc(CC)c(CC)c2)CC1.Cl. The van der Waals surface area contributed by atoms with Gasteiger partial charge in [-0.15, -0.1) is 12.4 Å². The van der Waals surface area contributed by atoms with E-state index in [0.717, 1.165) is 44.3 Å². The number of hydrogen-bond donors (Lipinski definition) is 1. The van der Waals surface area contributed by atoms with Crippen molar-refractivity contribution in [2.75, 3.05) is 26.2 Å². The summed E-state index contributed by atoms with van der Waals surface area (Å²) in [7, 11) is -3.35. The third kappa shape index (κ3) is 4.94. The van der Waals surface area contributed by atoms with E-state index in [-0.39, 0.29) is 12.4 Å². The van der Waals surface area contributed by atoms with Crippen LogP contribution in [0.15, 0.2) is 23.1 Å². The molecule has 4 nitrogen and oxygen atoms in total. The largest absolute Gasteiger partial charge is 0.317 e. The van der Waals surface area contributed by atoms with Crippen LogP contribution in [0.5, 0.6) is 0 Å². The van der Waals surface area contributed by atoms with Crippen LogP contribution in [0.25, 0.3) is 0 Å². The highest BCUT2D eigenvalue weighted by Crippen LogP contribution is 2.25. The summed E-state index contributed by atoms with van der Waals surface area (Å²) in [6, 6.07) is 5.63. The first-order valence-electron chi connectivity index (χ1n) is 8.85. The molecule has 0 unspecified atom stereocenters. The van der Waals surface area contributed by atoms with Crippen molar-refractivity contribution in [3.63, 3.8) is 0 Å². The van der Waals surface area contributed by atoms with Gasteiger partial charge in [0.05, 0.1) is 4.90 Å². The molecule has 1 N–H and O–H groups in total. The Hall–Kier alpha value is -0.620. The Labute approximate surface area is 153 Å². The van der Waals surface area contributed by atoms with E-state index in [2.05, 4.69) is 26.1 Å². The first-order chi connectivity index (χ1) is 11.0. The quantitative estimate of drug-likeness (QED) is 0.797. The molecule has 0 amide bonds. The lowest BCUT2D eigenvalue weighted by Crippen LogP contribution is -2.40. The number of nitrogens with zero attached hydrogens (tertiary/aromatic N) is 1. The highest BCUT2D eigenvalue weighted by atomic mass is 35.5. The Kier molecular flexibility index (Phi) is 8.71. The molecule has 2 rings (SSSR count). The normalized spacial score (nSPS) is 16.8. The minimum Gasteiger partial charge on any atom is -0.317 e. The molecule has 0 atom stereocenters. The van der Waals surface area contributed by atoms with Crippen LogP contribution in [0.1, 0.15) is 44.7 Å². The molecule has 138 valence electrons. The predicted octanol–water partition coefficient (Wildman–Crippen LogP) is 3.24. The second-order valence-electron chi connectivity index (χ2n) is 6.29. The van der Waals surface area contributed by atoms with Crippen LogP contribution in [-0.4, -0.2) is 38.9 Å². The molecule has 0 aromatic heterocycles. The topological polar surface area (TPSA) is 49.4 Å². The van der Waals surface area contributed by atoms with E-state index in [0.29, 0.717) is 23.9 Å². The van der Waals surface area contributed by atoms with Crippen LogP contribution < -0.4 is 5.32 Å². The highest BCUT2D eigenvalue weighted by molar-refractivity contribution is 7.89. The molecule has 0 saturated carbocycles. The van der Waals surface area contributed by atoms with E-state index in [4.69, 9.17) is 0 Å². The van der Waals surface area contributed by atoms with Crippen molar-refractivity contribution in [2.45, 2.75) is 51.3 Å². The summed E-state index contributed by atoms with van der Waals surface area (Å²) in [5.41, 5.74) is 2.39. The molecular formula is C18H31ClN2O2S. The van der Waals surface area contributed by atoms with Crippen LogP contribution in [0.3, 0.4) is 0 Å². The van der Waals surface area contributed by atoms with Gasteiger partial charge in [-0.1, -0.05) is 26.8 Å². The number of sulfonamides is 1. The molecule has 1 aliphatic heterocycles. The Morgan fingerprint density at radius 3 is 2.25 bits per heavy atom. The van der Waals surface area contributed by atoms with Gasteiger partial charge in [-0.2, -0.15) is 4.31 Å². The van der Waals surface area contributed by atoms with Gasteiger partial charge in [-0.3, -0.25) is 0 Å². The summed E-state index contributed by atoms with van der Waals surface area (Å²) in [6.45, 7) is 9.53. The van der Waals surface area contributed by atoms with Crippen molar-refractivity contribution < 1.29 is 8.42 Å². The van der Waals surface area contributed by atoms with Crippen molar-refractivity contribution in [3.8, 4) is 0 Å². The summed E-state index contributed by atoms with van der Waals surface area (Å²) < 4.78 is 27.4. The number of piperidine rings is 1. The molecular weight excluding hydrogens is 344 g/mol. The van der Waals surface area contributed by atoms with Crippen LogP contribution >= 0.6 is 12.4 Å². The number of nitrogens with one attached hydrogen (secondary N) is 1. The lowest BCUT2D eigenvalue weighted by molar-refractivity contribution is 0.268. The van der Waals surface area contributed by atoms with E-state index >= 15 is 0 Å². The average molecular weight is 375 g/mol. The lowest BCUT2D eigenvalue weighted by atomic mass is 9.98. The van der Waals surface area contributed by atoms with Gasteiger partial charge in [0, 0.05) is 13.1 Å². The summed E-state index contributed by atoms with van der Waals surface area (Å²) in [5.74, 6) is 0.593. The molecule has 0 radical (unpaired) electrons. The minimum atomic E-state index is -3.35. The van der Waals surface area contributed by atoms with E-state index in [1.807, 2.05) is 12.1 Å². The number of halogens is 1. The molecule has 24 heavy (non-hydrogen) atoms. The van der Waals surface area contributed by atoms with Gasteiger partial charge in [0.1, 0.15) is 0 Å². The summed E-state index contributed by atoms with van der Waals surface area (Å²) >= 11 is 0. The summed E-state index contributed by atoms with van der Waals surface area (Å²) in [5, 5.41) is 3.36. The number of aryl methyl sites for hydroxylation is 2. The highest BCUT2D eigenvalue weighted by Gasteiger charge is 2.29. The third-order valence-electron chi connectivity index (χ3n) is 4.83. The number of rotatable bonds is 7. The molecule has 1 saturated heterocycles. The molecule has 0 aliphatic carbocycles. The van der Waals surface area contributed by atoms with E-state index < -0.39 is 10.0 Å². The van der Waals surface area contributed by atoms with Crippen LogP contribution in [-0.2, 0) is 22.9 Å². The minimum absolute atomic E-state index is 0. The molecule has 1 aliphatic rings. The summed E-state index contributed by atoms with van der Waals surface area (Å²) in [6.07, 6.45) is 3.70. The zero-order valence-corrected chi connectivity index (χ0v) is 16.7. The van der Waals surface area contributed by atoms with E-state index in [1.165, 1.54) is 5.56 Å². The third-order valence-corrected chi connectivity index (χ3v) is 6.73. The van der Waals surface area contributed by atoms with Gasteiger partial charge in [0.25, 0.3) is 0 Å². The maximum Gasteiger partial charge on any atom is 0.243 e. The smallest absolute Gasteiger partial charge is 0.243 e. The van der Waals surface area contributed by atoms with Crippen molar-refractivity contribution in [1.82, 2.24) is 9.62 Å². The van der Waals surface area contributed by atoms with Crippen LogP contribution in [0, 0.1) is 5.92 Å². The second-order valence-corrected chi connectivity index (χ2v) is 8.23. The van der Waals surface area contributed by atoms with Crippen molar-refractivity contribution in [2.24, 2.45) is 5.92 Å². The van der Waals surface area contributed by atoms with E-state index in [1.54, 1.807) is 10.4 Å². The first-order valence-corrected chi connectivity index (χ1v) is 10.3. The Balaban J connectivity index is 0.00000288. The Morgan fingerprint density at radius 1 is 1.08 bits per heavy atom. The predicted molar refractivity (Wildman–Crippen MR) is 102 cm³/mol. The number of benzene rings is 1. The maximum absolute atomic E-state index is 12.9. The fraction of sp³-hybridized carbons (Fsp3) is 0.667. The van der Waals surface area contributed by atoms with Crippen molar-refractivity contribution >= 4 is 22.4 Å². The van der Waals surface area contributed by atoms with Gasteiger partial charge >= 0.3 is 0 Å². The van der Waals surface area contributed by atoms with Gasteiger partial charge < -0.3 is 5.32 Å². The molecule has 0 bridgehead atoms. The maximum atomic E-state index is 12.9. The van der Waals surface area contributed by atoms with Crippen LogP contribution in [0.4, 0.5) is 0 Å². The molecule has 0 spiro atoms. The Bertz CT molecular complexity index is 611.